The molecule has 0 heterocycles. The lowest BCUT2D eigenvalue weighted by Crippen LogP contribution is -2.31. The van der Waals surface area contributed by atoms with E-state index in [4.69, 9.17) is 0 Å². The number of halogens is 1. The molecule has 0 atom stereocenters. The molecule has 134 valence electrons. The minimum atomic E-state index is -3.80. The van der Waals surface area contributed by atoms with Gasteiger partial charge in [0.25, 0.3) is 5.91 Å². The quantitative estimate of drug-likeness (QED) is 0.857. The summed E-state index contributed by atoms with van der Waals surface area (Å²) in [5.41, 5.74) is 0.620. The van der Waals surface area contributed by atoms with E-state index in [1.165, 1.54) is 4.90 Å². The van der Waals surface area contributed by atoms with E-state index in [0.717, 1.165) is 23.8 Å². The Balaban J connectivity index is 2.29. The van der Waals surface area contributed by atoms with E-state index >= 15 is 0 Å². The van der Waals surface area contributed by atoms with Crippen molar-refractivity contribution in [3.8, 4) is 0 Å². The summed E-state index contributed by atoms with van der Waals surface area (Å²) in [7, 11) is -2.26. The summed E-state index contributed by atoms with van der Waals surface area (Å²) in [6.45, 7) is 3.65. The molecule has 0 bridgehead atoms. The van der Waals surface area contributed by atoms with Gasteiger partial charge in [-0.05, 0) is 37.6 Å². The van der Waals surface area contributed by atoms with Crippen LogP contribution in [0.1, 0.15) is 29.8 Å². The van der Waals surface area contributed by atoms with Gasteiger partial charge in [-0.1, -0.05) is 30.3 Å². The molecule has 2 aromatic rings. The fourth-order valence-corrected chi connectivity index (χ4v) is 3.63. The molecule has 0 radical (unpaired) electrons. The molecule has 1 amide bonds. The molecule has 1 N–H and O–H groups in total. The molecular formula is C18H21FN2O3S. The monoisotopic (exact) mass is 364 g/mol. The minimum absolute atomic E-state index is 0.140. The van der Waals surface area contributed by atoms with E-state index < -0.39 is 21.7 Å². The summed E-state index contributed by atoms with van der Waals surface area (Å²) in [5.74, 6) is -1.34. The number of rotatable bonds is 6. The maximum absolute atomic E-state index is 14.1. The van der Waals surface area contributed by atoms with Gasteiger partial charge in [0.1, 0.15) is 5.82 Å². The molecule has 0 aliphatic heterocycles. The molecule has 0 saturated heterocycles. The summed E-state index contributed by atoms with van der Waals surface area (Å²) < 4.78 is 41.0. The molecule has 2 aromatic carbocycles. The van der Waals surface area contributed by atoms with Crippen LogP contribution in [-0.4, -0.2) is 32.3 Å². The van der Waals surface area contributed by atoms with Crippen LogP contribution < -0.4 is 4.72 Å². The minimum Gasteiger partial charge on any atom is -0.337 e. The average molecular weight is 364 g/mol. The van der Waals surface area contributed by atoms with Gasteiger partial charge in [-0.25, -0.2) is 17.5 Å². The molecule has 0 saturated carbocycles. The molecule has 0 spiro atoms. The standard InChI is InChI=1S/C18H21FN2O3S/c1-13(2)20-25(23,24)15-9-10-17(19)16(11-15)18(22)21(3)12-14-7-5-4-6-8-14/h4-11,13,20H,12H2,1-3H3. The maximum atomic E-state index is 14.1. The van der Waals surface area contributed by atoms with Gasteiger partial charge >= 0.3 is 0 Å². The van der Waals surface area contributed by atoms with Crippen molar-refractivity contribution in [3.63, 3.8) is 0 Å². The molecule has 7 heteroatoms. The van der Waals surface area contributed by atoms with E-state index in [1.807, 2.05) is 30.3 Å². The van der Waals surface area contributed by atoms with Crippen LogP contribution in [0, 0.1) is 5.82 Å². The van der Waals surface area contributed by atoms with Crippen molar-refractivity contribution >= 4 is 15.9 Å². The van der Waals surface area contributed by atoms with Gasteiger partial charge in [-0.15, -0.1) is 0 Å². The molecule has 5 nitrogen and oxygen atoms in total. The van der Waals surface area contributed by atoms with Crippen LogP contribution in [0.5, 0.6) is 0 Å². The molecule has 2 rings (SSSR count). The lowest BCUT2D eigenvalue weighted by Gasteiger charge is -2.18. The van der Waals surface area contributed by atoms with Crippen molar-refractivity contribution in [3.05, 3.63) is 65.5 Å². The third-order valence-electron chi connectivity index (χ3n) is 3.48. The third kappa shape index (κ3) is 4.87. The van der Waals surface area contributed by atoms with E-state index in [1.54, 1.807) is 20.9 Å². The number of hydrogen-bond donors (Lipinski definition) is 1. The lowest BCUT2D eigenvalue weighted by atomic mass is 10.1. The summed E-state index contributed by atoms with van der Waals surface area (Å²) in [6.07, 6.45) is 0. The van der Waals surface area contributed by atoms with Crippen molar-refractivity contribution in [1.29, 1.82) is 0 Å². The zero-order chi connectivity index (χ0) is 18.6. The molecule has 0 aromatic heterocycles. The van der Waals surface area contributed by atoms with Crippen LogP contribution >= 0.6 is 0 Å². The molecule has 25 heavy (non-hydrogen) atoms. The average Bonchev–Trinajstić information content (AvgIpc) is 2.54. The van der Waals surface area contributed by atoms with E-state index in [-0.39, 0.29) is 16.5 Å². The zero-order valence-corrected chi connectivity index (χ0v) is 15.2. The first kappa shape index (κ1) is 19.1. The summed E-state index contributed by atoms with van der Waals surface area (Å²) in [6, 6.07) is 12.2. The first-order valence-electron chi connectivity index (χ1n) is 7.82. The zero-order valence-electron chi connectivity index (χ0n) is 14.4. The van der Waals surface area contributed by atoms with Crippen LogP contribution in [-0.2, 0) is 16.6 Å². The Kier molecular flexibility index (Phi) is 5.92. The second-order valence-corrected chi connectivity index (χ2v) is 7.78. The molecule has 0 unspecified atom stereocenters. The highest BCUT2D eigenvalue weighted by Gasteiger charge is 2.22. The van der Waals surface area contributed by atoms with Gasteiger partial charge in [0.2, 0.25) is 10.0 Å². The smallest absolute Gasteiger partial charge is 0.256 e. The highest BCUT2D eigenvalue weighted by atomic mass is 32.2. The van der Waals surface area contributed by atoms with Crippen molar-refractivity contribution in [1.82, 2.24) is 9.62 Å². The van der Waals surface area contributed by atoms with Crippen molar-refractivity contribution < 1.29 is 17.6 Å². The Bertz CT molecular complexity index is 852. The molecule has 0 aliphatic rings. The van der Waals surface area contributed by atoms with Gasteiger partial charge < -0.3 is 4.90 Å². The van der Waals surface area contributed by atoms with Crippen LogP contribution in [0.3, 0.4) is 0 Å². The normalized spacial score (nSPS) is 11.6. The topological polar surface area (TPSA) is 66.5 Å². The van der Waals surface area contributed by atoms with E-state index in [9.17, 15) is 17.6 Å². The van der Waals surface area contributed by atoms with Crippen molar-refractivity contribution in [2.24, 2.45) is 0 Å². The van der Waals surface area contributed by atoms with Gasteiger partial charge in [0.05, 0.1) is 10.5 Å². The largest absolute Gasteiger partial charge is 0.337 e. The number of nitrogens with one attached hydrogen (secondary N) is 1. The number of carbonyl (C=O) groups excluding carboxylic acids is 1. The molecule has 0 fully saturated rings. The van der Waals surface area contributed by atoms with Crippen LogP contribution in [0.4, 0.5) is 4.39 Å². The Morgan fingerprint density at radius 1 is 1.16 bits per heavy atom. The number of carbonyl (C=O) groups is 1. The van der Waals surface area contributed by atoms with Crippen LogP contribution in [0.15, 0.2) is 53.4 Å². The van der Waals surface area contributed by atoms with E-state index in [2.05, 4.69) is 4.72 Å². The van der Waals surface area contributed by atoms with Gasteiger partial charge in [0.15, 0.2) is 0 Å². The fourth-order valence-electron chi connectivity index (χ4n) is 2.35. The second-order valence-electron chi connectivity index (χ2n) is 6.06. The second kappa shape index (κ2) is 7.76. The lowest BCUT2D eigenvalue weighted by molar-refractivity contribution is 0.0780. The first-order valence-corrected chi connectivity index (χ1v) is 9.30. The van der Waals surface area contributed by atoms with Gasteiger partial charge in [-0.3, -0.25) is 4.79 Å². The number of sulfonamides is 1. The number of amides is 1. The Morgan fingerprint density at radius 3 is 2.40 bits per heavy atom. The van der Waals surface area contributed by atoms with E-state index in [0.29, 0.717) is 6.54 Å². The third-order valence-corrected chi connectivity index (χ3v) is 5.13. The number of nitrogens with zero attached hydrogens (tertiary/aromatic N) is 1. The Morgan fingerprint density at radius 2 is 1.80 bits per heavy atom. The maximum Gasteiger partial charge on any atom is 0.256 e. The number of hydrogen-bond acceptors (Lipinski definition) is 3. The highest BCUT2D eigenvalue weighted by molar-refractivity contribution is 7.89. The van der Waals surface area contributed by atoms with Crippen molar-refractivity contribution in [2.45, 2.75) is 31.3 Å². The summed E-state index contributed by atoms with van der Waals surface area (Å²) in [4.78, 5) is 13.7. The number of benzene rings is 2. The molecular weight excluding hydrogens is 343 g/mol. The van der Waals surface area contributed by atoms with Gasteiger partial charge in [-0.2, -0.15) is 0 Å². The highest BCUT2D eigenvalue weighted by Crippen LogP contribution is 2.18. The predicted octanol–water partition coefficient (Wildman–Crippen LogP) is 2.78. The summed E-state index contributed by atoms with van der Waals surface area (Å²) >= 11 is 0. The predicted molar refractivity (Wildman–Crippen MR) is 94.1 cm³/mol. The van der Waals surface area contributed by atoms with Crippen molar-refractivity contribution in [2.75, 3.05) is 7.05 Å². The van der Waals surface area contributed by atoms with Crippen LogP contribution in [0.25, 0.3) is 0 Å². The van der Waals surface area contributed by atoms with Crippen LogP contribution in [0.2, 0.25) is 0 Å². The Labute approximate surface area is 147 Å². The fraction of sp³-hybridized carbons (Fsp3) is 0.278. The Hall–Kier alpha value is -2.25. The first-order chi connectivity index (χ1) is 11.7. The molecule has 0 aliphatic carbocycles. The SMILES string of the molecule is CC(C)NS(=O)(=O)c1ccc(F)c(C(=O)N(C)Cc2ccccc2)c1. The summed E-state index contributed by atoms with van der Waals surface area (Å²) in [5, 5.41) is 0. The van der Waals surface area contributed by atoms with Gasteiger partial charge in [0, 0.05) is 19.6 Å².